The molecule has 2 heterocycles. The summed E-state index contributed by atoms with van der Waals surface area (Å²) in [7, 11) is 1.79. The number of rotatable bonds is 4. The number of carbonyl (C=O) groups is 2. The second-order valence-corrected chi connectivity index (χ2v) is 7.13. The first-order valence-electron chi connectivity index (χ1n) is 9.41. The van der Waals surface area contributed by atoms with E-state index in [-0.39, 0.29) is 30.7 Å². The number of fused-ring (bicyclic) bond motifs is 1. The van der Waals surface area contributed by atoms with E-state index in [1.54, 1.807) is 47.0 Å². The number of amides is 2. The average Bonchev–Trinajstić information content (AvgIpc) is 3.12. The van der Waals surface area contributed by atoms with Gasteiger partial charge in [0.1, 0.15) is 5.82 Å². The zero-order valence-electron chi connectivity index (χ0n) is 16.0. The number of aromatic nitrogens is 2. The zero-order chi connectivity index (χ0) is 20.4. The Kier molecular flexibility index (Phi) is 5.12. The SMILES string of the molecule is Cn1cc2c(n1)C(C(=O)NCc1ccccc1F)CN(C(=O)c1ccccc1)C2. The first kappa shape index (κ1) is 18.9. The van der Waals surface area contributed by atoms with Crippen LogP contribution in [0.2, 0.25) is 0 Å². The molecule has 0 saturated carbocycles. The summed E-state index contributed by atoms with van der Waals surface area (Å²) in [4.78, 5) is 27.5. The minimum atomic E-state index is -0.612. The quantitative estimate of drug-likeness (QED) is 0.742. The number of carbonyl (C=O) groups excluding carboxylic acids is 2. The fourth-order valence-corrected chi connectivity index (χ4v) is 3.62. The molecular formula is C22H21FN4O2. The standard InChI is InChI=1S/C22H21FN4O2/c1-26-12-17-13-27(22(29)15-7-3-2-4-8-15)14-18(20(17)25-26)21(28)24-11-16-9-5-6-10-19(16)23/h2-10,12,18H,11,13-14H2,1H3,(H,24,28). The van der Waals surface area contributed by atoms with Gasteiger partial charge in [0, 0.05) is 49.6 Å². The van der Waals surface area contributed by atoms with Gasteiger partial charge in [-0.3, -0.25) is 14.3 Å². The third-order valence-corrected chi connectivity index (χ3v) is 5.07. The van der Waals surface area contributed by atoms with Crippen molar-refractivity contribution in [1.29, 1.82) is 0 Å². The number of nitrogens with one attached hydrogen (secondary N) is 1. The number of hydrogen-bond acceptors (Lipinski definition) is 3. The molecule has 0 spiro atoms. The molecule has 1 atom stereocenters. The van der Waals surface area contributed by atoms with Gasteiger partial charge in [-0.05, 0) is 18.2 Å². The van der Waals surface area contributed by atoms with Gasteiger partial charge in [-0.15, -0.1) is 0 Å². The van der Waals surface area contributed by atoms with Crippen LogP contribution in [0.1, 0.15) is 33.1 Å². The fourth-order valence-electron chi connectivity index (χ4n) is 3.62. The number of nitrogens with zero attached hydrogens (tertiary/aromatic N) is 3. The maximum absolute atomic E-state index is 13.9. The maximum atomic E-state index is 13.9. The van der Waals surface area contributed by atoms with Crippen molar-refractivity contribution >= 4 is 11.8 Å². The summed E-state index contributed by atoms with van der Waals surface area (Å²) >= 11 is 0. The van der Waals surface area contributed by atoms with Crippen molar-refractivity contribution in [2.45, 2.75) is 19.0 Å². The Morgan fingerprint density at radius 1 is 1.14 bits per heavy atom. The van der Waals surface area contributed by atoms with E-state index >= 15 is 0 Å². The lowest BCUT2D eigenvalue weighted by molar-refractivity contribution is -0.123. The predicted molar refractivity (Wildman–Crippen MR) is 105 cm³/mol. The van der Waals surface area contributed by atoms with Crippen LogP contribution in [0.3, 0.4) is 0 Å². The van der Waals surface area contributed by atoms with Crippen molar-refractivity contribution in [3.05, 3.63) is 89.0 Å². The van der Waals surface area contributed by atoms with Crippen LogP contribution in [0.15, 0.2) is 60.8 Å². The van der Waals surface area contributed by atoms with Crippen LogP contribution in [0.25, 0.3) is 0 Å². The minimum Gasteiger partial charge on any atom is -0.351 e. The van der Waals surface area contributed by atoms with Crippen LogP contribution in [0.5, 0.6) is 0 Å². The highest BCUT2D eigenvalue weighted by atomic mass is 19.1. The van der Waals surface area contributed by atoms with Crippen molar-refractivity contribution in [3.63, 3.8) is 0 Å². The van der Waals surface area contributed by atoms with E-state index in [1.807, 2.05) is 24.4 Å². The van der Waals surface area contributed by atoms with E-state index in [4.69, 9.17) is 0 Å². The molecule has 6 nitrogen and oxygen atoms in total. The Morgan fingerprint density at radius 3 is 2.62 bits per heavy atom. The van der Waals surface area contributed by atoms with Gasteiger partial charge in [0.05, 0.1) is 11.6 Å². The summed E-state index contributed by atoms with van der Waals surface area (Å²) in [5.74, 6) is -1.39. The van der Waals surface area contributed by atoms with Gasteiger partial charge in [0.2, 0.25) is 5.91 Å². The van der Waals surface area contributed by atoms with E-state index in [9.17, 15) is 14.0 Å². The summed E-state index contributed by atoms with van der Waals surface area (Å²) < 4.78 is 15.5. The molecular weight excluding hydrogens is 371 g/mol. The monoisotopic (exact) mass is 392 g/mol. The second-order valence-electron chi connectivity index (χ2n) is 7.13. The summed E-state index contributed by atoms with van der Waals surface area (Å²) in [5.41, 5.74) is 2.49. The summed E-state index contributed by atoms with van der Waals surface area (Å²) in [6.07, 6.45) is 1.83. The molecule has 1 aromatic heterocycles. The molecule has 4 rings (SSSR count). The van der Waals surface area contributed by atoms with Gasteiger partial charge in [0.15, 0.2) is 0 Å². The number of benzene rings is 2. The van der Waals surface area contributed by atoms with Crippen LogP contribution < -0.4 is 5.32 Å². The molecule has 0 radical (unpaired) electrons. The van der Waals surface area contributed by atoms with Crippen LogP contribution in [-0.4, -0.2) is 33.0 Å². The van der Waals surface area contributed by atoms with Crippen molar-refractivity contribution in [3.8, 4) is 0 Å². The smallest absolute Gasteiger partial charge is 0.254 e. The van der Waals surface area contributed by atoms with Crippen molar-refractivity contribution in [2.24, 2.45) is 7.05 Å². The number of halogens is 1. The van der Waals surface area contributed by atoms with Gasteiger partial charge in [-0.25, -0.2) is 4.39 Å². The Balaban J connectivity index is 1.55. The lowest BCUT2D eigenvalue weighted by atomic mass is 9.95. The molecule has 0 saturated heterocycles. The van der Waals surface area contributed by atoms with Gasteiger partial charge < -0.3 is 10.2 Å². The van der Waals surface area contributed by atoms with E-state index < -0.39 is 5.92 Å². The fraction of sp³-hybridized carbons (Fsp3) is 0.227. The summed E-state index contributed by atoms with van der Waals surface area (Å²) in [6.45, 7) is 0.700. The summed E-state index contributed by atoms with van der Waals surface area (Å²) in [5, 5.41) is 7.23. The largest absolute Gasteiger partial charge is 0.351 e. The first-order valence-corrected chi connectivity index (χ1v) is 9.41. The Bertz CT molecular complexity index is 1050. The highest BCUT2D eigenvalue weighted by Gasteiger charge is 2.35. The van der Waals surface area contributed by atoms with Crippen LogP contribution in [0, 0.1) is 5.82 Å². The molecule has 1 N–H and O–H groups in total. The highest BCUT2D eigenvalue weighted by molar-refractivity contribution is 5.95. The normalized spacial score (nSPS) is 15.7. The lowest BCUT2D eigenvalue weighted by Gasteiger charge is -2.31. The van der Waals surface area contributed by atoms with Crippen LogP contribution in [-0.2, 0) is 24.9 Å². The van der Waals surface area contributed by atoms with Crippen LogP contribution >= 0.6 is 0 Å². The predicted octanol–water partition coefficient (Wildman–Crippen LogP) is 2.62. The minimum absolute atomic E-state index is 0.0802. The summed E-state index contributed by atoms with van der Waals surface area (Å²) in [6, 6.07) is 15.3. The first-order chi connectivity index (χ1) is 14.0. The molecule has 0 fully saturated rings. The molecule has 29 heavy (non-hydrogen) atoms. The number of aryl methyl sites for hydroxylation is 1. The average molecular weight is 392 g/mol. The Hall–Kier alpha value is -3.48. The van der Waals surface area contributed by atoms with Crippen molar-refractivity contribution in [2.75, 3.05) is 6.54 Å². The molecule has 1 aliphatic rings. The van der Waals surface area contributed by atoms with Gasteiger partial charge in [-0.1, -0.05) is 36.4 Å². The Morgan fingerprint density at radius 2 is 1.86 bits per heavy atom. The van der Waals surface area contributed by atoms with E-state index in [0.29, 0.717) is 23.4 Å². The molecule has 1 unspecified atom stereocenters. The lowest BCUT2D eigenvalue weighted by Crippen LogP contribution is -2.43. The molecule has 2 aromatic carbocycles. The molecule has 148 valence electrons. The molecule has 3 aromatic rings. The highest BCUT2D eigenvalue weighted by Crippen LogP contribution is 2.28. The Labute approximate surface area is 167 Å². The van der Waals surface area contributed by atoms with Crippen LogP contribution in [0.4, 0.5) is 4.39 Å². The zero-order valence-corrected chi connectivity index (χ0v) is 16.0. The topological polar surface area (TPSA) is 67.2 Å². The van der Waals surface area contributed by atoms with Gasteiger partial charge in [-0.2, -0.15) is 5.10 Å². The second kappa shape index (κ2) is 7.87. The van der Waals surface area contributed by atoms with E-state index in [2.05, 4.69) is 10.4 Å². The number of hydrogen-bond donors (Lipinski definition) is 1. The van der Waals surface area contributed by atoms with E-state index in [0.717, 1.165) is 5.56 Å². The molecule has 7 heteroatoms. The molecule has 2 amide bonds. The molecule has 1 aliphatic heterocycles. The molecule has 0 bridgehead atoms. The third-order valence-electron chi connectivity index (χ3n) is 5.07. The maximum Gasteiger partial charge on any atom is 0.254 e. The van der Waals surface area contributed by atoms with Crippen molar-refractivity contribution in [1.82, 2.24) is 20.0 Å². The van der Waals surface area contributed by atoms with Crippen molar-refractivity contribution < 1.29 is 14.0 Å². The molecule has 0 aliphatic carbocycles. The van der Waals surface area contributed by atoms with Gasteiger partial charge >= 0.3 is 0 Å². The third kappa shape index (κ3) is 3.89. The van der Waals surface area contributed by atoms with E-state index in [1.165, 1.54) is 6.07 Å². The van der Waals surface area contributed by atoms with Gasteiger partial charge in [0.25, 0.3) is 5.91 Å².